The van der Waals surface area contributed by atoms with Crippen LogP contribution in [0.15, 0.2) is 41.2 Å². The van der Waals surface area contributed by atoms with Crippen molar-refractivity contribution in [3.63, 3.8) is 0 Å². The summed E-state index contributed by atoms with van der Waals surface area (Å²) < 4.78 is 1.30. The lowest BCUT2D eigenvalue weighted by Crippen LogP contribution is -2.37. The summed E-state index contributed by atoms with van der Waals surface area (Å²) >= 11 is 3.31. The number of hydrogen-bond donors (Lipinski definition) is 1. The maximum absolute atomic E-state index is 12.1. The molecule has 0 bridgehead atoms. The average molecular weight is 331 g/mol. The molecule has 4 nitrogen and oxygen atoms in total. The van der Waals surface area contributed by atoms with Gasteiger partial charge >= 0.3 is 6.03 Å². The van der Waals surface area contributed by atoms with Crippen molar-refractivity contribution in [3.05, 3.63) is 51.8 Å². The van der Waals surface area contributed by atoms with Gasteiger partial charge < -0.3 is 10.2 Å². The lowest BCUT2D eigenvalue weighted by molar-refractivity contribution is 0.207. The molecule has 1 aromatic carbocycles. The number of amides is 2. The van der Waals surface area contributed by atoms with Crippen LogP contribution in [0.1, 0.15) is 10.6 Å². The average Bonchev–Trinajstić information content (AvgIpc) is 3.17. The Labute approximate surface area is 137 Å². The largest absolute Gasteiger partial charge is 0.338 e. The fraction of sp³-hybridized carbons (Fsp3) is 0.250. The number of carbonyl (C=O) groups excluding carboxylic acids is 1. The van der Waals surface area contributed by atoms with Crippen molar-refractivity contribution in [2.24, 2.45) is 0 Å². The lowest BCUT2D eigenvalue weighted by Gasteiger charge is -2.16. The molecule has 0 aliphatic carbocycles. The molecule has 1 N–H and O–H groups in total. The molecule has 3 aromatic rings. The predicted octanol–water partition coefficient (Wildman–Crippen LogP) is 3.74. The van der Waals surface area contributed by atoms with Crippen LogP contribution in [0.4, 0.5) is 4.79 Å². The van der Waals surface area contributed by atoms with Gasteiger partial charge in [0.1, 0.15) is 5.01 Å². The van der Waals surface area contributed by atoms with E-state index in [0.29, 0.717) is 13.1 Å². The number of nitrogens with zero attached hydrogens (tertiary/aromatic N) is 2. The van der Waals surface area contributed by atoms with E-state index in [1.807, 2.05) is 5.38 Å². The zero-order valence-corrected chi connectivity index (χ0v) is 13.9. The zero-order valence-electron chi connectivity index (χ0n) is 12.3. The van der Waals surface area contributed by atoms with E-state index in [0.717, 1.165) is 11.4 Å². The van der Waals surface area contributed by atoms with Gasteiger partial charge in [-0.15, -0.1) is 22.7 Å². The molecule has 22 heavy (non-hydrogen) atoms. The first-order chi connectivity index (χ1) is 10.7. The highest BCUT2D eigenvalue weighted by molar-refractivity contribution is 7.17. The van der Waals surface area contributed by atoms with Gasteiger partial charge in [0.2, 0.25) is 0 Å². The Morgan fingerprint density at radius 2 is 2.18 bits per heavy atom. The second kappa shape index (κ2) is 6.89. The number of thiazole rings is 1. The molecule has 3 rings (SSSR count). The first-order valence-corrected chi connectivity index (χ1v) is 8.82. The van der Waals surface area contributed by atoms with Gasteiger partial charge in [0.25, 0.3) is 0 Å². The van der Waals surface area contributed by atoms with Gasteiger partial charge in [0.15, 0.2) is 0 Å². The van der Waals surface area contributed by atoms with Crippen LogP contribution in [0.5, 0.6) is 0 Å². The summed E-state index contributed by atoms with van der Waals surface area (Å²) in [6.45, 7) is 1.19. The van der Waals surface area contributed by atoms with Gasteiger partial charge in [-0.3, -0.25) is 0 Å². The molecule has 0 atom stereocenters. The topological polar surface area (TPSA) is 45.2 Å². The fourth-order valence-electron chi connectivity index (χ4n) is 2.27. The molecule has 0 unspecified atom stereocenters. The molecule has 0 fully saturated rings. The number of urea groups is 1. The van der Waals surface area contributed by atoms with Gasteiger partial charge in [0.05, 0.1) is 6.54 Å². The van der Waals surface area contributed by atoms with Gasteiger partial charge in [-0.2, -0.15) is 0 Å². The van der Waals surface area contributed by atoms with Crippen LogP contribution in [-0.2, 0) is 13.0 Å². The number of benzene rings is 1. The second-order valence-corrected chi connectivity index (χ2v) is 6.91. The highest BCUT2D eigenvalue weighted by Crippen LogP contribution is 2.25. The third kappa shape index (κ3) is 3.45. The summed E-state index contributed by atoms with van der Waals surface area (Å²) in [4.78, 5) is 17.9. The Balaban J connectivity index is 1.51. The normalized spacial score (nSPS) is 10.8. The minimum atomic E-state index is -0.0604. The molecule has 0 radical (unpaired) electrons. The molecular formula is C16H17N3OS2. The molecule has 0 saturated heterocycles. The van der Waals surface area contributed by atoms with Crippen molar-refractivity contribution in [1.29, 1.82) is 0 Å². The van der Waals surface area contributed by atoms with Crippen molar-refractivity contribution in [3.8, 4) is 0 Å². The molecule has 0 aliphatic heterocycles. The minimum Gasteiger partial charge on any atom is -0.338 e. The van der Waals surface area contributed by atoms with Crippen molar-refractivity contribution in [2.75, 3.05) is 13.6 Å². The summed E-state index contributed by atoms with van der Waals surface area (Å²) in [5.74, 6) is 0. The van der Waals surface area contributed by atoms with Crippen molar-refractivity contribution in [1.82, 2.24) is 15.2 Å². The van der Waals surface area contributed by atoms with E-state index in [-0.39, 0.29) is 6.03 Å². The Bertz CT molecular complexity index is 752. The van der Waals surface area contributed by atoms with Crippen molar-refractivity contribution < 1.29 is 4.79 Å². The van der Waals surface area contributed by atoms with Crippen LogP contribution in [0.25, 0.3) is 10.1 Å². The summed E-state index contributed by atoms with van der Waals surface area (Å²) in [7, 11) is 1.79. The van der Waals surface area contributed by atoms with Crippen molar-refractivity contribution in [2.45, 2.75) is 13.0 Å². The maximum atomic E-state index is 12.1. The maximum Gasteiger partial charge on any atom is 0.317 e. The first-order valence-electron chi connectivity index (χ1n) is 7.06. The fourth-order valence-corrected chi connectivity index (χ4v) is 3.94. The number of aromatic nitrogens is 1. The van der Waals surface area contributed by atoms with E-state index in [2.05, 4.69) is 39.9 Å². The van der Waals surface area contributed by atoms with E-state index >= 15 is 0 Å². The zero-order chi connectivity index (χ0) is 15.4. The quantitative estimate of drug-likeness (QED) is 0.774. The van der Waals surface area contributed by atoms with Gasteiger partial charge in [0, 0.05) is 29.9 Å². The molecule has 0 aliphatic rings. The number of thiophene rings is 1. The predicted molar refractivity (Wildman–Crippen MR) is 92.5 cm³/mol. The van der Waals surface area contributed by atoms with E-state index in [1.165, 1.54) is 15.6 Å². The monoisotopic (exact) mass is 331 g/mol. The number of carbonyl (C=O) groups is 1. The molecule has 0 saturated carbocycles. The molecule has 2 aromatic heterocycles. The van der Waals surface area contributed by atoms with Crippen LogP contribution < -0.4 is 5.32 Å². The van der Waals surface area contributed by atoms with Gasteiger partial charge in [-0.25, -0.2) is 9.78 Å². The van der Waals surface area contributed by atoms with E-state index in [9.17, 15) is 4.79 Å². The van der Waals surface area contributed by atoms with Crippen molar-refractivity contribution >= 4 is 38.8 Å². The summed E-state index contributed by atoms with van der Waals surface area (Å²) in [5.41, 5.74) is 1.29. The number of rotatable bonds is 5. The lowest BCUT2D eigenvalue weighted by atomic mass is 10.1. The Morgan fingerprint density at radius 3 is 3.00 bits per heavy atom. The molecule has 2 amide bonds. The number of nitrogens with one attached hydrogen (secondary N) is 1. The third-order valence-corrected chi connectivity index (χ3v) is 5.21. The first kappa shape index (κ1) is 15.0. The molecule has 0 spiro atoms. The summed E-state index contributed by atoms with van der Waals surface area (Å²) in [6.07, 6.45) is 2.61. The summed E-state index contributed by atoms with van der Waals surface area (Å²) in [5, 5.41) is 9.30. The van der Waals surface area contributed by atoms with Crippen LogP contribution in [0, 0.1) is 0 Å². The Morgan fingerprint density at radius 1 is 1.32 bits per heavy atom. The Kier molecular flexibility index (Phi) is 4.70. The van der Waals surface area contributed by atoms with Crippen LogP contribution >= 0.6 is 22.7 Å². The smallest absolute Gasteiger partial charge is 0.317 e. The number of hydrogen-bond acceptors (Lipinski definition) is 4. The van der Waals surface area contributed by atoms with Crippen LogP contribution in [-0.4, -0.2) is 29.5 Å². The van der Waals surface area contributed by atoms with Crippen LogP contribution in [0.3, 0.4) is 0 Å². The molecule has 6 heteroatoms. The molecular weight excluding hydrogens is 314 g/mol. The van der Waals surface area contributed by atoms with E-state index in [4.69, 9.17) is 0 Å². The molecule has 114 valence electrons. The van der Waals surface area contributed by atoms with E-state index < -0.39 is 0 Å². The second-order valence-electron chi connectivity index (χ2n) is 5.02. The van der Waals surface area contributed by atoms with E-state index in [1.54, 1.807) is 40.8 Å². The highest BCUT2D eigenvalue weighted by atomic mass is 32.1. The standard InChI is InChI=1S/C16H17N3OS2/c1-19(10-15-17-8-9-21-15)16(20)18-7-6-12-11-22-14-5-3-2-4-13(12)14/h2-5,8-9,11H,6-7,10H2,1H3,(H,18,20). The summed E-state index contributed by atoms with van der Waals surface area (Å²) in [6, 6.07) is 8.31. The number of fused-ring (bicyclic) bond motifs is 1. The third-order valence-electron chi connectivity index (χ3n) is 3.43. The Hall–Kier alpha value is -1.92. The molecule has 2 heterocycles. The van der Waals surface area contributed by atoms with Gasteiger partial charge in [-0.05, 0) is 28.8 Å². The highest BCUT2D eigenvalue weighted by Gasteiger charge is 2.10. The van der Waals surface area contributed by atoms with Gasteiger partial charge in [-0.1, -0.05) is 18.2 Å². The SMILES string of the molecule is CN(Cc1nccs1)C(=O)NCCc1csc2ccccc12. The van der Waals surface area contributed by atoms with Crippen LogP contribution in [0.2, 0.25) is 0 Å². The minimum absolute atomic E-state index is 0.0604.